The Morgan fingerprint density at radius 3 is 1.76 bits per heavy atom. The summed E-state index contributed by atoms with van der Waals surface area (Å²) in [6.45, 7) is 5.43. The molecule has 1 heteroatoms. The Morgan fingerprint density at radius 2 is 1.15 bits per heavy atom. The van der Waals surface area contributed by atoms with E-state index in [1.54, 1.807) is 0 Å². The molecular weight excluding hydrogens is 400 g/mol. The van der Waals surface area contributed by atoms with Crippen LogP contribution in [-0.4, -0.2) is 6.61 Å². The highest BCUT2D eigenvalue weighted by molar-refractivity contribution is 5.64. The van der Waals surface area contributed by atoms with Crippen molar-refractivity contribution in [1.29, 1.82) is 0 Å². The molecule has 1 aliphatic carbocycles. The van der Waals surface area contributed by atoms with E-state index < -0.39 is 0 Å². The van der Waals surface area contributed by atoms with Gasteiger partial charge in [0.05, 0.1) is 6.61 Å². The lowest BCUT2D eigenvalue weighted by Gasteiger charge is -2.29. The van der Waals surface area contributed by atoms with Gasteiger partial charge in [-0.1, -0.05) is 114 Å². The predicted molar refractivity (Wildman–Crippen MR) is 144 cm³/mol. The highest BCUT2D eigenvalue weighted by Gasteiger charge is 2.21. The third kappa shape index (κ3) is 9.19. The molecule has 1 saturated carbocycles. The summed E-state index contributed by atoms with van der Waals surface area (Å²) in [5, 5.41) is 0. The van der Waals surface area contributed by atoms with Crippen LogP contribution in [0.2, 0.25) is 0 Å². The number of rotatable bonds is 15. The number of benzene rings is 2. The van der Waals surface area contributed by atoms with Gasteiger partial charge in [-0.3, -0.25) is 0 Å². The lowest BCUT2D eigenvalue weighted by molar-refractivity contribution is 0.304. The van der Waals surface area contributed by atoms with Crippen LogP contribution in [0.3, 0.4) is 0 Å². The first-order valence-corrected chi connectivity index (χ1v) is 14.1. The number of ether oxygens (including phenoxy) is 1. The van der Waals surface area contributed by atoms with Gasteiger partial charge in [0.1, 0.15) is 5.75 Å². The molecule has 33 heavy (non-hydrogen) atoms. The van der Waals surface area contributed by atoms with Gasteiger partial charge in [-0.05, 0) is 72.8 Å². The van der Waals surface area contributed by atoms with Crippen molar-refractivity contribution in [1.82, 2.24) is 0 Å². The quantitative estimate of drug-likeness (QED) is 0.246. The predicted octanol–water partition coefficient (Wildman–Crippen LogP) is 10.3. The number of hydrogen-bond donors (Lipinski definition) is 0. The average Bonchev–Trinajstić information content (AvgIpc) is 2.87. The van der Waals surface area contributed by atoms with Crippen LogP contribution < -0.4 is 4.74 Å². The molecular formula is C32H48O. The van der Waals surface area contributed by atoms with E-state index in [0.717, 1.165) is 30.6 Å². The zero-order chi connectivity index (χ0) is 23.1. The Balaban J connectivity index is 1.36. The Morgan fingerprint density at radius 1 is 0.606 bits per heavy atom. The van der Waals surface area contributed by atoms with E-state index in [0.29, 0.717) is 0 Å². The zero-order valence-corrected chi connectivity index (χ0v) is 21.5. The van der Waals surface area contributed by atoms with Gasteiger partial charge in [0.25, 0.3) is 0 Å². The van der Waals surface area contributed by atoms with Gasteiger partial charge in [-0.15, -0.1) is 0 Å². The Bertz CT molecular complexity index is 737. The molecule has 0 heterocycles. The van der Waals surface area contributed by atoms with Crippen molar-refractivity contribution in [2.24, 2.45) is 5.92 Å². The SMILES string of the molecule is CCCCCCCCCCOc1ccc(-c2ccc(C3CCC(CCCC)CC3)cc2)cc1. The molecule has 0 unspecified atom stereocenters. The molecule has 0 aliphatic heterocycles. The molecule has 1 nitrogen and oxygen atoms in total. The van der Waals surface area contributed by atoms with E-state index in [9.17, 15) is 0 Å². The monoisotopic (exact) mass is 448 g/mol. The minimum absolute atomic E-state index is 0.768. The smallest absolute Gasteiger partial charge is 0.119 e. The Hall–Kier alpha value is -1.76. The standard InChI is InChI=1S/C32H48O/c1-3-5-7-8-9-10-11-12-26-33-32-24-22-31(23-25-32)30-20-18-29(19-21-30)28-16-14-27(15-17-28)13-6-4-2/h18-25,27-28H,3-17,26H2,1-2H3. The van der Waals surface area contributed by atoms with Crippen LogP contribution in [0.25, 0.3) is 11.1 Å². The average molecular weight is 449 g/mol. The molecule has 0 spiro atoms. The van der Waals surface area contributed by atoms with Gasteiger partial charge in [0.15, 0.2) is 0 Å². The number of hydrogen-bond acceptors (Lipinski definition) is 1. The molecule has 0 N–H and O–H groups in total. The third-order valence-corrected chi connectivity index (χ3v) is 7.65. The normalized spacial score (nSPS) is 18.4. The third-order valence-electron chi connectivity index (χ3n) is 7.65. The fourth-order valence-electron chi connectivity index (χ4n) is 5.39. The Labute approximate surface area is 204 Å². The molecule has 2 aromatic carbocycles. The maximum absolute atomic E-state index is 5.97. The van der Waals surface area contributed by atoms with E-state index in [2.05, 4.69) is 62.4 Å². The largest absolute Gasteiger partial charge is 0.494 e. The molecule has 1 fully saturated rings. The first-order valence-electron chi connectivity index (χ1n) is 14.1. The van der Waals surface area contributed by atoms with Gasteiger partial charge in [0.2, 0.25) is 0 Å². The summed E-state index contributed by atoms with van der Waals surface area (Å²) in [7, 11) is 0. The molecule has 0 aromatic heterocycles. The highest BCUT2D eigenvalue weighted by Crippen LogP contribution is 2.38. The fraction of sp³-hybridized carbons (Fsp3) is 0.625. The van der Waals surface area contributed by atoms with Crippen LogP contribution in [0, 0.1) is 5.92 Å². The van der Waals surface area contributed by atoms with Gasteiger partial charge in [0, 0.05) is 0 Å². The summed E-state index contributed by atoms with van der Waals surface area (Å²) >= 11 is 0. The summed E-state index contributed by atoms with van der Waals surface area (Å²) in [5.74, 6) is 2.75. The van der Waals surface area contributed by atoms with Crippen molar-refractivity contribution in [3.63, 3.8) is 0 Å². The van der Waals surface area contributed by atoms with Crippen molar-refractivity contribution < 1.29 is 4.74 Å². The van der Waals surface area contributed by atoms with E-state index >= 15 is 0 Å². The topological polar surface area (TPSA) is 9.23 Å². The molecule has 2 aromatic rings. The summed E-state index contributed by atoms with van der Waals surface area (Å²) in [6, 6.07) is 18.0. The molecule has 0 atom stereocenters. The number of unbranched alkanes of at least 4 members (excludes halogenated alkanes) is 8. The van der Waals surface area contributed by atoms with Gasteiger partial charge in [-0.2, -0.15) is 0 Å². The maximum atomic E-state index is 5.97. The van der Waals surface area contributed by atoms with E-state index in [1.807, 2.05) is 0 Å². The van der Waals surface area contributed by atoms with Gasteiger partial charge in [-0.25, -0.2) is 0 Å². The second-order valence-electron chi connectivity index (χ2n) is 10.3. The maximum Gasteiger partial charge on any atom is 0.119 e. The first-order chi connectivity index (χ1) is 16.3. The molecule has 0 bridgehead atoms. The molecule has 0 saturated heterocycles. The van der Waals surface area contributed by atoms with Crippen LogP contribution in [-0.2, 0) is 0 Å². The van der Waals surface area contributed by atoms with Crippen molar-refractivity contribution >= 4 is 0 Å². The van der Waals surface area contributed by atoms with Crippen molar-refractivity contribution in [3.8, 4) is 16.9 Å². The van der Waals surface area contributed by atoms with Crippen molar-refractivity contribution in [2.75, 3.05) is 6.61 Å². The zero-order valence-electron chi connectivity index (χ0n) is 21.5. The van der Waals surface area contributed by atoms with Gasteiger partial charge >= 0.3 is 0 Å². The van der Waals surface area contributed by atoms with E-state index in [1.165, 1.54) is 107 Å². The minimum Gasteiger partial charge on any atom is -0.494 e. The van der Waals surface area contributed by atoms with Crippen LogP contribution in [0.15, 0.2) is 48.5 Å². The molecule has 0 radical (unpaired) electrons. The molecule has 1 aliphatic rings. The second kappa shape index (κ2) is 15.2. The van der Waals surface area contributed by atoms with Crippen LogP contribution in [0.5, 0.6) is 5.75 Å². The van der Waals surface area contributed by atoms with Crippen molar-refractivity contribution in [2.45, 2.75) is 116 Å². The summed E-state index contributed by atoms with van der Waals surface area (Å²) in [5.41, 5.74) is 4.13. The van der Waals surface area contributed by atoms with Gasteiger partial charge < -0.3 is 4.74 Å². The minimum atomic E-state index is 0.768. The highest BCUT2D eigenvalue weighted by atomic mass is 16.5. The van der Waals surface area contributed by atoms with E-state index in [4.69, 9.17) is 4.74 Å². The summed E-state index contributed by atoms with van der Waals surface area (Å²) in [6.07, 6.45) is 20.5. The first kappa shape index (κ1) is 25.9. The van der Waals surface area contributed by atoms with Crippen LogP contribution in [0.4, 0.5) is 0 Å². The van der Waals surface area contributed by atoms with Crippen LogP contribution >= 0.6 is 0 Å². The molecule has 182 valence electrons. The second-order valence-corrected chi connectivity index (χ2v) is 10.3. The lowest BCUT2D eigenvalue weighted by Crippen LogP contribution is -2.13. The summed E-state index contributed by atoms with van der Waals surface area (Å²) in [4.78, 5) is 0. The Kier molecular flexibility index (Phi) is 11.9. The van der Waals surface area contributed by atoms with E-state index in [-0.39, 0.29) is 0 Å². The lowest BCUT2D eigenvalue weighted by atomic mass is 9.77. The van der Waals surface area contributed by atoms with Crippen molar-refractivity contribution in [3.05, 3.63) is 54.1 Å². The molecule has 0 amide bonds. The molecule has 3 rings (SSSR count). The van der Waals surface area contributed by atoms with Crippen LogP contribution in [0.1, 0.15) is 122 Å². The fourth-order valence-corrected chi connectivity index (χ4v) is 5.39. The summed E-state index contributed by atoms with van der Waals surface area (Å²) < 4.78 is 5.97.